The van der Waals surface area contributed by atoms with Crippen LogP contribution < -0.4 is 0 Å². The molecule has 0 heterocycles. The Morgan fingerprint density at radius 1 is 0.800 bits per heavy atom. The van der Waals surface area contributed by atoms with Crippen LogP contribution in [0, 0.1) is 5.92 Å². The average molecular weight is 355 g/mol. The minimum atomic E-state index is -0.496. The van der Waals surface area contributed by atoms with Gasteiger partial charge in [-0.05, 0) is 38.5 Å². The molecule has 0 fully saturated rings. The zero-order chi connectivity index (χ0) is 18.6. The maximum atomic E-state index is 11.7. The van der Waals surface area contributed by atoms with Gasteiger partial charge in [0.1, 0.15) is 0 Å². The van der Waals surface area contributed by atoms with Gasteiger partial charge in [-0.1, -0.05) is 83.8 Å². The van der Waals surface area contributed by atoms with Crippen molar-refractivity contribution in [3.63, 3.8) is 0 Å². The van der Waals surface area contributed by atoms with Crippen LogP contribution in [0.25, 0.3) is 0 Å². The number of hydrogen-bond donors (Lipinski definition) is 1. The van der Waals surface area contributed by atoms with Crippen LogP contribution in [0.5, 0.6) is 0 Å². The van der Waals surface area contributed by atoms with Crippen LogP contribution in [0.3, 0.4) is 0 Å². The number of ether oxygens (including phenoxy) is 1. The largest absolute Gasteiger partial charge is 0.438 e. The summed E-state index contributed by atoms with van der Waals surface area (Å²) in [6.45, 7) is 3.85. The molecule has 1 atom stereocenters. The van der Waals surface area contributed by atoms with E-state index in [9.17, 15) is 4.79 Å². The third-order valence-electron chi connectivity index (χ3n) is 4.74. The Labute approximate surface area is 156 Å². The molecule has 0 spiro atoms. The Balaban J connectivity index is 3.46. The molecule has 0 aromatic carbocycles. The number of allylic oxidation sites excluding steroid dienone is 2. The molecule has 0 aromatic heterocycles. The van der Waals surface area contributed by atoms with E-state index >= 15 is 0 Å². The van der Waals surface area contributed by atoms with Crippen molar-refractivity contribution in [2.75, 3.05) is 6.79 Å². The maximum absolute atomic E-state index is 11.7. The van der Waals surface area contributed by atoms with Gasteiger partial charge in [-0.25, -0.2) is 0 Å². The van der Waals surface area contributed by atoms with Crippen LogP contribution in [-0.2, 0) is 9.53 Å². The number of aliphatic hydroxyl groups is 1. The van der Waals surface area contributed by atoms with Crippen LogP contribution >= 0.6 is 0 Å². The number of rotatable bonds is 18. The second-order valence-electron chi connectivity index (χ2n) is 7.10. The highest BCUT2D eigenvalue weighted by Crippen LogP contribution is 2.18. The van der Waals surface area contributed by atoms with Crippen LogP contribution in [-0.4, -0.2) is 17.9 Å². The SMILES string of the molecule is CCCCCCCC/C=C\CCCCCCC(CCC)C(=O)OCO. The molecule has 0 saturated heterocycles. The number of carbonyl (C=O) groups excluding carboxylic acids is 1. The predicted octanol–water partition coefficient (Wildman–Crippen LogP) is 6.54. The van der Waals surface area contributed by atoms with E-state index in [-0.39, 0.29) is 11.9 Å². The Bertz CT molecular complexity index is 312. The predicted molar refractivity (Wildman–Crippen MR) is 106 cm³/mol. The van der Waals surface area contributed by atoms with Gasteiger partial charge in [-0.2, -0.15) is 0 Å². The van der Waals surface area contributed by atoms with Gasteiger partial charge in [0.25, 0.3) is 0 Å². The average Bonchev–Trinajstić information content (AvgIpc) is 2.61. The first kappa shape index (κ1) is 24.2. The number of unbranched alkanes of at least 4 members (excludes halogenated alkanes) is 10. The smallest absolute Gasteiger partial charge is 0.311 e. The van der Waals surface area contributed by atoms with Gasteiger partial charge in [0.05, 0.1) is 5.92 Å². The third-order valence-corrected chi connectivity index (χ3v) is 4.74. The van der Waals surface area contributed by atoms with Crippen LogP contribution in [0.2, 0.25) is 0 Å². The molecule has 148 valence electrons. The highest BCUT2D eigenvalue weighted by Gasteiger charge is 2.18. The van der Waals surface area contributed by atoms with E-state index in [2.05, 4.69) is 26.0 Å². The van der Waals surface area contributed by atoms with Crippen LogP contribution in [0.1, 0.15) is 110 Å². The summed E-state index contributed by atoms with van der Waals surface area (Å²) in [4.78, 5) is 11.7. The first-order valence-corrected chi connectivity index (χ1v) is 10.7. The molecule has 0 aliphatic rings. The lowest BCUT2D eigenvalue weighted by Gasteiger charge is -2.13. The Hall–Kier alpha value is -0.830. The summed E-state index contributed by atoms with van der Waals surface area (Å²) in [5.74, 6) is -0.267. The van der Waals surface area contributed by atoms with Gasteiger partial charge in [0.15, 0.2) is 6.79 Å². The molecule has 0 aliphatic heterocycles. The maximum Gasteiger partial charge on any atom is 0.311 e. The molecule has 0 saturated carbocycles. The van der Waals surface area contributed by atoms with Gasteiger partial charge in [0.2, 0.25) is 0 Å². The molecule has 0 amide bonds. The molecule has 0 aromatic rings. The molecular weight excluding hydrogens is 312 g/mol. The normalized spacial score (nSPS) is 12.6. The Kier molecular flexibility index (Phi) is 18.8. The summed E-state index contributed by atoms with van der Waals surface area (Å²) < 4.78 is 4.73. The first-order chi connectivity index (χ1) is 12.3. The molecule has 25 heavy (non-hydrogen) atoms. The van der Waals surface area contributed by atoms with Gasteiger partial charge >= 0.3 is 5.97 Å². The molecule has 3 heteroatoms. The number of carbonyl (C=O) groups is 1. The molecule has 1 unspecified atom stereocenters. The van der Waals surface area contributed by atoms with Gasteiger partial charge in [0, 0.05) is 0 Å². The number of hydrogen-bond acceptors (Lipinski definition) is 3. The van der Waals surface area contributed by atoms with Crippen molar-refractivity contribution < 1.29 is 14.6 Å². The fourth-order valence-corrected chi connectivity index (χ4v) is 3.19. The van der Waals surface area contributed by atoms with Crippen molar-refractivity contribution in [1.29, 1.82) is 0 Å². The van der Waals surface area contributed by atoms with Crippen molar-refractivity contribution in [3.05, 3.63) is 12.2 Å². The Morgan fingerprint density at radius 2 is 1.36 bits per heavy atom. The molecule has 0 rings (SSSR count). The lowest BCUT2D eigenvalue weighted by molar-refractivity contribution is -0.157. The second kappa shape index (κ2) is 19.5. The Morgan fingerprint density at radius 3 is 1.92 bits per heavy atom. The summed E-state index contributed by atoms with van der Waals surface area (Å²) >= 11 is 0. The van der Waals surface area contributed by atoms with E-state index in [1.165, 1.54) is 70.6 Å². The van der Waals surface area contributed by atoms with Crippen molar-refractivity contribution >= 4 is 5.97 Å². The second-order valence-corrected chi connectivity index (χ2v) is 7.10. The van der Waals surface area contributed by atoms with Crippen molar-refractivity contribution in [2.45, 2.75) is 110 Å². The minimum absolute atomic E-state index is 0.0330. The lowest BCUT2D eigenvalue weighted by Crippen LogP contribution is -2.18. The highest BCUT2D eigenvalue weighted by molar-refractivity contribution is 5.72. The zero-order valence-electron chi connectivity index (χ0n) is 16.8. The van der Waals surface area contributed by atoms with Gasteiger partial charge in [-0.3, -0.25) is 4.79 Å². The fraction of sp³-hybridized carbons (Fsp3) is 0.864. The minimum Gasteiger partial charge on any atom is -0.438 e. The third kappa shape index (κ3) is 16.4. The zero-order valence-corrected chi connectivity index (χ0v) is 16.8. The van der Waals surface area contributed by atoms with Crippen molar-refractivity contribution in [1.82, 2.24) is 0 Å². The summed E-state index contributed by atoms with van der Waals surface area (Å²) in [5, 5.41) is 8.70. The van der Waals surface area contributed by atoms with E-state index in [0.717, 1.165) is 25.7 Å². The van der Waals surface area contributed by atoms with E-state index in [4.69, 9.17) is 9.84 Å². The number of esters is 1. The van der Waals surface area contributed by atoms with Crippen LogP contribution in [0.15, 0.2) is 12.2 Å². The van der Waals surface area contributed by atoms with E-state index in [1.54, 1.807) is 0 Å². The van der Waals surface area contributed by atoms with E-state index in [1.807, 2.05) is 0 Å². The monoisotopic (exact) mass is 354 g/mol. The van der Waals surface area contributed by atoms with Gasteiger partial charge < -0.3 is 9.84 Å². The van der Waals surface area contributed by atoms with E-state index in [0.29, 0.717) is 0 Å². The van der Waals surface area contributed by atoms with Crippen LogP contribution in [0.4, 0.5) is 0 Å². The standard InChI is InChI=1S/C22H42O3/c1-3-5-6-7-8-9-10-11-12-13-14-15-16-17-19-21(18-4-2)22(24)25-20-23/h11-12,21,23H,3-10,13-20H2,1-2H3/b12-11-. The highest BCUT2D eigenvalue weighted by atomic mass is 16.6. The molecule has 0 aliphatic carbocycles. The quantitative estimate of drug-likeness (QED) is 0.131. The molecule has 0 bridgehead atoms. The summed E-state index contributed by atoms with van der Waals surface area (Å²) in [5.41, 5.74) is 0. The fourth-order valence-electron chi connectivity index (χ4n) is 3.19. The first-order valence-electron chi connectivity index (χ1n) is 10.7. The molecule has 3 nitrogen and oxygen atoms in total. The summed E-state index contributed by atoms with van der Waals surface area (Å²) in [7, 11) is 0. The topological polar surface area (TPSA) is 46.5 Å². The number of aliphatic hydroxyl groups excluding tert-OH is 1. The lowest BCUT2D eigenvalue weighted by atomic mass is 9.96. The summed E-state index contributed by atoms with van der Waals surface area (Å²) in [6, 6.07) is 0. The molecule has 1 N–H and O–H groups in total. The molecular formula is C22H42O3. The molecule has 0 radical (unpaired) electrons. The summed E-state index contributed by atoms with van der Waals surface area (Å²) in [6.07, 6.45) is 22.8. The van der Waals surface area contributed by atoms with Gasteiger partial charge in [-0.15, -0.1) is 0 Å². The van der Waals surface area contributed by atoms with E-state index < -0.39 is 6.79 Å². The van der Waals surface area contributed by atoms with Crippen molar-refractivity contribution in [2.24, 2.45) is 5.92 Å². The van der Waals surface area contributed by atoms with Crippen molar-refractivity contribution in [3.8, 4) is 0 Å².